The Balaban J connectivity index is 1.79. The largest absolute Gasteiger partial charge is 0.370 e. The van der Waals surface area contributed by atoms with Gasteiger partial charge >= 0.3 is 0 Å². The zero-order valence-corrected chi connectivity index (χ0v) is 12.0. The van der Waals surface area contributed by atoms with Crippen molar-refractivity contribution in [2.75, 3.05) is 17.2 Å². The minimum atomic E-state index is 0.740. The molecule has 0 aliphatic heterocycles. The summed E-state index contributed by atoms with van der Waals surface area (Å²) in [6.45, 7) is 3.63. The summed E-state index contributed by atoms with van der Waals surface area (Å²) in [6.07, 6.45) is 1.57. The molecule has 0 radical (unpaired) electrons. The van der Waals surface area contributed by atoms with Gasteiger partial charge in [-0.1, -0.05) is 42.5 Å². The minimum Gasteiger partial charge on any atom is -0.370 e. The van der Waals surface area contributed by atoms with Gasteiger partial charge in [0.1, 0.15) is 18.0 Å². The lowest BCUT2D eigenvalue weighted by Gasteiger charge is -2.09. The van der Waals surface area contributed by atoms with Crippen LogP contribution in [0.5, 0.6) is 0 Å². The second-order valence-corrected chi connectivity index (χ2v) is 4.81. The van der Waals surface area contributed by atoms with Crippen LogP contribution in [-0.4, -0.2) is 16.5 Å². The molecule has 4 heteroatoms. The fraction of sp³-hybridized carbons (Fsp3) is 0.176. The summed E-state index contributed by atoms with van der Waals surface area (Å²) in [4.78, 5) is 8.43. The molecule has 0 bridgehead atoms. The van der Waals surface area contributed by atoms with Crippen molar-refractivity contribution in [1.82, 2.24) is 9.97 Å². The predicted molar refractivity (Wildman–Crippen MR) is 87.5 cm³/mol. The maximum atomic E-state index is 4.25. The molecule has 0 aliphatic carbocycles. The first kappa shape index (κ1) is 13.4. The monoisotopic (exact) mass is 278 g/mol. The second-order valence-electron chi connectivity index (χ2n) is 4.81. The molecule has 2 aromatic carbocycles. The Morgan fingerprint density at radius 2 is 1.67 bits per heavy atom. The van der Waals surface area contributed by atoms with E-state index in [9.17, 15) is 0 Å². The quantitative estimate of drug-likeness (QED) is 0.747. The third-order valence-electron chi connectivity index (χ3n) is 3.36. The van der Waals surface area contributed by atoms with Crippen molar-refractivity contribution >= 4 is 22.4 Å². The van der Waals surface area contributed by atoms with Gasteiger partial charge in [-0.15, -0.1) is 0 Å². The van der Waals surface area contributed by atoms with Crippen molar-refractivity contribution in [3.05, 3.63) is 60.4 Å². The molecule has 0 saturated heterocycles. The van der Waals surface area contributed by atoms with Crippen molar-refractivity contribution in [3.63, 3.8) is 0 Å². The highest BCUT2D eigenvalue weighted by molar-refractivity contribution is 5.85. The SMILES string of the molecule is CCNc1cc(NCc2cccc3ccccc23)ncn1. The van der Waals surface area contributed by atoms with Gasteiger partial charge in [0.15, 0.2) is 0 Å². The standard InChI is InChI=1S/C17H18N4/c1-2-18-16-10-17(21-12-20-16)19-11-14-8-5-7-13-6-3-4-9-15(13)14/h3-10,12H,2,11H2,1H3,(H2,18,19,20,21). The first-order chi connectivity index (χ1) is 10.4. The van der Waals surface area contributed by atoms with Crippen LogP contribution in [0.3, 0.4) is 0 Å². The molecule has 0 aliphatic rings. The molecule has 0 saturated carbocycles. The molecule has 1 heterocycles. The van der Waals surface area contributed by atoms with Crippen LogP contribution in [0.15, 0.2) is 54.9 Å². The van der Waals surface area contributed by atoms with E-state index in [1.54, 1.807) is 6.33 Å². The molecule has 0 unspecified atom stereocenters. The molecule has 0 spiro atoms. The zero-order chi connectivity index (χ0) is 14.5. The van der Waals surface area contributed by atoms with Gasteiger partial charge < -0.3 is 10.6 Å². The van der Waals surface area contributed by atoms with Gasteiger partial charge in [0, 0.05) is 19.2 Å². The topological polar surface area (TPSA) is 49.8 Å². The van der Waals surface area contributed by atoms with Crippen molar-refractivity contribution in [2.24, 2.45) is 0 Å². The van der Waals surface area contributed by atoms with E-state index in [0.717, 1.165) is 24.7 Å². The number of rotatable bonds is 5. The second kappa shape index (κ2) is 6.22. The molecule has 0 fully saturated rings. The molecular weight excluding hydrogens is 260 g/mol. The van der Waals surface area contributed by atoms with E-state index < -0.39 is 0 Å². The Morgan fingerprint density at radius 3 is 2.52 bits per heavy atom. The lowest BCUT2D eigenvalue weighted by Crippen LogP contribution is -2.05. The fourth-order valence-electron chi connectivity index (χ4n) is 2.36. The Bertz CT molecular complexity index is 734. The molecule has 0 atom stereocenters. The Hall–Kier alpha value is -2.62. The van der Waals surface area contributed by atoms with Crippen LogP contribution in [0, 0.1) is 0 Å². The number of fused-ring (bicyclic) bond motifs is 1. The van der Waals surface area contributed by atoms with Crippen LogP contribution in [-0.2, 0) is 6.54 Å². The molecule has 1 aromatic heterocycles. The van der Waals surface area contributed by atoms with E-state index >= 15 is 0 Å². The summed E-state index contributed by atoms with van der Waals surface area (Å²) >= 11 is 0. The molecule has 4 nitrogen and oxygen atoms in total. The highest BCUT2D eigenvalue weighted by atomic mass is 15.1. The number of anilines is 2. The summed E-state index contributed by atoms with van der Waals surface area (Å²) in [6, 6.07) is 16.7. The number of hydrogen-bond donors (Lipinski definition) is 2. The van der Waals surface area contributed by atoms with Gasteiger partial charge in [0.25, 0.3) is 0 Å². The molecule has 2 N–H and O–H groups in total. The van der Waals surface area contributed by atoms with E-state index in [1.807, 2.05) is 13.0 Å². The van der Waals surface area contributed by atoms with Crippen molar-refractivity contribution in [2.45, 2.75) is 13.5 Å². The van der Waals surface area contributed by atoms with Crippen LogP contribution in [0.25, 0.3) is 10.8 Å². The van der Waals surface area contributed by atoms with E-state index in [1.165, 1.54) is 16.3 Å². The zero-order valence-electron chi connectivity index (χ0n) is 12.0. The highest BCUT2D eigenvalue weighted by Crippen LogP contribution is 2.19. The smallest absolute Gasteiger partial charge is 0.131 e. The number of nitrogens with zero attached hydrogens (tertiary/aromatic N) is 2. The highest BCUT2D eigenvalue weighted by Gasteiger charge is 2.02. The maximum Gasteiger partial charge on any atom is 0.131 e. The van der Waals surface area contributed by atoms with Gasteiger partial charge in [-0.3, -0.25) is 0 Å². The molecule has 0 amide bonds. The average molecular weight is 278 g/mol. The summed E-state index contributed by atoms with van der Waals surface area (Å²) in [5.41, 5.74) is 1.26. The third kappa shape index (κ3) is 3.11. The first-order valence-corrected chi connectivity index (χ1v) is 7.13. The number of aromatic nitrogens is 2. The molecule has 3 rings (SSSR count). The van der Waals surface area contributed by atoms with Crippen LogP contribution >= 0.6 is 0 Å². The number of hydrogen-bond acceptors (Lipinski definition) is 4. The average Bonchev–Trinajstić information content (AvgIpc) is 2.53. The summed E-state index contributed by atoms with van der Waals surface area (Å²) in [5.74, 6) is 1.67. The van der Waals surface area contributed by atoms with Crippen molar-refractivity contribution in [1.29, 1.82) is 0 Å². The predicted octanol–water partition coefficient (Wildman–Crippen LogP) is 3.67. The fourth-order valence-corrected chi connectivity index (χ4v) is 2.36. The van der Waals surface area contributed by atoms with Crippen molar-refractivity contribution < 1.29 is 0 Å². The van der Waals surface area contributed by atoms with Gasteiger partial charge in [-0.2, -0.15) is 0 Å². The van der Waals surface area contributed by atoms with Gasteiger partial charge in [-0.05, 0) is 23.3 Å². The summed E-state index contributed by atoms with van der Waals surface area (Å²) in [7, 11) is 0. The molecular formula is C17H18N4. The van der Waals surface area contributed by atoms with E-state index in [2.05, 4.69) is 63.1 Å². The van der Waals surface area contributed by atoms with Crippen LogP contribution in [0.1, 0.15) is 12.5 Å². The van der Waals surface area contributed by atoms with Crippen LogP contribution in [0.4, 0.5) is 11.6 Å². The Kier molecular flexibility index (Phi) is 3.96. The van der Waals surface area contributed by atoms with Gasteiger partial charge in [0.2, 0.25) is 0 Å². The van der Waals surface area contributed by atoms with Gasteiger partial charge in [-0.25, -0.2) is 9.97 Å². The maximum absolute atomic E-state index is 4.25. The van der Waals surface area contributed by atoms with Gasteiger partial charge in [0.05, 0.1) is 0 Å². The van der Waals surface area contributed by atoms with Crippen LogP contribution < -0.4 is 10.6 Å². The number of benzene rings is 2. The van der Waals surface area contributed by atoms with E-state index in [0.29, 0.717) is 0 Å². The minimum absolute atomic E-state index is 0.740. The lowest BCUT2D eigenvalue weighted by molar-refractivity contribution is 1.07. The van der Waals surface area contributed by atoms with Crippen LogP contribution in [0.2, 0.25) is 0 Å². The Morgan fingerprint density at radius 1 is 0.905 bits per heavy atom. The first-order valence-electron chi connectivity index (χ1n) is 7.13. The molecule has 21 heavy (non-hydrogen) atoms. The summed E-state index contributed by atoms with van der Waals surface area (Å²) in [5, 5.41) is 9.07. The third-order valence-corrected chi connectivity index (χ3v) is 3.36. The van der Waals surface area contributed by atoms with E-state index in [-0.39, 0.29) is 0 Å². The number of nitrogens with one attached hydrogen (secondary N) is 2. The van der Waals surface area contributed by atoms with E-state index in [4.69, 9.17) is 0 Å². The summed E-state index contributed by atoms with van der Waals surface area (Å²) < 4.78 is 0. The lowest BCUT2D eigenvalue weighted by atomic mass is 10.0. The normalized spacial score (nSPS) is 10.5. The molecule has 106 valence electrons. The van der Waals surface area contributed by atoms with Crippen molar-refractivity contribution in [3.8, 4) is 0 Å². The molecule has 3 aromatic rings. The Labute approximate surface area is 124 Å².